The number of aromatic amines is 1. The molecule has 0 aliphatic heterocycles. The van der Waals surface area contributed by atoms with Gasteiger partial charge >= 0.3 is 5.97 Å². The molecule has 0 saturated carbocycles. The van der Waals surface area contributed by atoms with Crippen molar-refractivity contribution in [2.45, 2.75) is 6.92 Å². The van der Waals surface area contributed by atoms with Gasteiger partial charge in [0.2, 0.25) is 0 Å². The van der Waals surface area contributed by atoms with E-state index in [1.807, 2.05) is 19.1 Å². The maximum absolute atomic E-state index is 12.4. The number of imidazole rings is 1. The number of carbonyl (C=O) groups excluding carboxylic acids is 2. The number of fused-ring (bicyclic) bond motifs is 1. The van der Waals surface area contributed by atoms with Crippen molar-refractivity contribution in [3.05, 3.63) is 64.0 Å². The lowest BCUT2D eigenvalue weighted by atomic mass is 10.2. The summed E-state index contributed by atoms with van der Waals surface area (Å²) in [6.07, 6.45) is 1.22. The Morgan fingerprint density at radius 1 is 1.25 bits per heavy atom. The SMILES string of the molecule is COC(=O)c1cc(=O)n2cnc(C(=O)Nc3ccc(C)cc3)c2[nH]1. The van der Waals surface area contributed by atoms with E-state index in [4.69, 9.17) is 0 Å². The highest BCUT2D eigenvalue weighted by Gasteiger charge is 2.18. The van der Waals surface area contributed by atoms with E-state index in [2.05, 4.69) is 20.0 Å². The van der Waals surface area contributed by atoms with Crippen LogP contribution in [0, 0.1) is 6.92 Å². The van der Waals surface area contributed by atoms with Crippen molar-refractivity contribution in [3.8, 4) is 0 Å². The fourth-order valence-corrected chi connectivity index (χ4v) is 2.20. The van der Waals surface area contributed by atoms with Crippen LogP contribution in [0.1, 0.15) is 26.5 Å². The van der Waals surface area contributed by atoms with Gasteiger partial charge in [0, 0.05) is 11.8 Å². The number of amides is 1. The number of rotatable bonds is 3. The lowest BCUT2D eigenvalue weighted by molar-refractivity contribution is 0.0593. The van der Waals surface area contributed by atoms with Crippen molar-refractivity contribution in [1.29, 1.82) is 0 Å². The van der Waals surface area contributed by atoms with Gasteiger partial charge in [-0.2, -0.15) is 0 Å². The first-order chi connectivity index (χ1) is 11.5. The molecule has 0 aliphatic rings. The molecule has 0 fully saturated rings. The normalized spacial score (nSPS) is 10.6. The third-order valence-electron chi connectivity index (χ3n) is 3.46. The Balaban J connectivity index is 2.01. The molecule has 0 unspecified atom stereocenters. The van der Waals surface area contributed by atoms with Crippen LogP contribution >= 0.6 is 0 Å². The van der Waals surface area contributed by atoms with Gasteiger partial charge in [0.15, 0.2) is 11.3 Å². The van der Waals surface area contributed by atoms with Gasteiger partial charge < -0.3 is 15.0 Å². The van der Waals surface area contributed by atoms with E-state index in [-0.39, 0.29) is 17.0 Å². The smallest absolute Gasteiger partial charge is 0.354 e. The summed E-state index contributed by atoms with van der Waals surface area (Å²) >= 11 is 0. The highest BCUT2D eigenvalue weighted by molar-refractivity contribution is 6.07. The summed E-state index contributed by atoms with van der Waals surface area (Å²) in [7, 11) is 1.20. The fraction of sp³-hybridized carbons (Fsp3) is 0.125. The van der Waals surface area contributed by atoms with Crippen LogP contribution in [-0.2, 0) is 4.74 Å². The summed E-state index contributed by atoms with van der Waals surface area (Å²) in [5.74, 6) is -1.21. The van der Waals surface area contributed by atoms with Gasteiger partial charge in [-0.05, 0) is 19.1 Å². The highest BCUT2D eigenvalue weighted by atomic mass is 16.5. The number of aromatic nitrogens is 3. The molecule has 122 valence electrons. The average Bonchev–Trinajstić information content (AvgIpc) is 3.00. The molecule has 0 saturated heterocycles. The molecular formula is C16H14N4O4. The molecule has 1 amide bonds. The standard InChI is InChI=1S/C16H14N4O4/c1-9-3-5-10(6-4-9)18-15(22)13-14-19-11(16(23)24-2)7-12(21)20(14)8-17-13/h3-8,19H,1-2H3,(H,18,22). The van der Waals surface area contributed by atoms with Crippen molar-refractivity contribution in [2.24, 2.45) is 0 Å². The summed E-state index contributed by atoms with van der Waals surface area (Å²) in [6, 6.07) is 8.32. The summed E-state index contributed by atoms with van der Waals surface area (Å²) in [5, 5.41) is 2.69. The molecule has 2 aromatic heterocycles. The Hall–Kier alpha value is -3.42. The van der Waals surface area contributed by atoms with Gasteiger partial charge in [0.1, 0.15) is 12.0 Å². The highest BCUT2D eigenvalue weighted by Crippen LogP contribution is 2.12. The first kappa shape index (κ1) is 15.5. The van der Waals surface area contributed by atoms with Crippen LogP contribution in [0.5, 0.6) is 0 Å². The van der Waals surface area contributed by atoms with Crippen LogP contribution in [0.2, 0.25) is 0 Å². The number of hydrogen-bond acceptors (Lipinski definition) is 5. The molecule has 24 heavy (non-hydrogen) atoms. The number of ether oxygens (including phenoxy) is 1. The van der Waals surface area contributed by atoms with Crippen molar-refractivity contribution >= 4 is 23.2 Å². The van der Waals surface area contributed by atoms with Crippen LogP contribution in [0.4, 0.5) is 5.69 Å². The third kappa shape index (κ3) is 2.76. The van der Waals surface area contributed by atoms with Gasteiger partial charge in [0.25, 0.3) is 11.5 Å². The molecule has 3 aromatic rings. The predicted octanol–water partition coefficient (Wildman–Crippen LogP) is 1.37. The van der Waals surface area contributed by atoms with E-state index >= 15 is 0 Å². The summed E-state index contributed by atoms with van der Waals surface area (Å²) in [5.41, 5.74) is 1.22. The van der Waals surface area contributed by atoms with E-state index in [0.717, 1.165) is 16.0 Å². The lowest BCUT2D eigenvalue weighted by Gasteiger charge is -2.05. The number of nitrogens with one attached hydrogen (secondary N) is 2. The van der Waals surface area contributed by atoms with Crippen LogP contribution < -0.4 is 10.9 Å². The van der Waals surface area contributed by atoms with Crippen molar-refractivity contribution in [2.75, 3.05) is 12.4 Å². The van der Waals surface area contributed by atoms with Gasteiger partial charge in [-0.3, -0.25) is 14.0 Å². The molecule has 8 heteroatoms. The monoisotopic (exact) mass is 326 g/mol. The molecule has 8 nitrogen and oxygen atoms in total. The summed E-state index contributed by atoms with van der Waals surface area (Å²) < 4.78 is 5.73. The maximum Gasteiger partial charge on any atom is 0.354 e. The van der Waals surface area contributed by atoms with Crippen LogP contribution in [0.25, 0.3) is 5.65 Å². The number of methoxy groups -OCH3 is 1. The minimum atomic E-state index is -0.708. The predicted molar refractivity (Wildman–Crippen MR) is 86.3 cm³/mol. The van der Waals surface area contributed by atoms with Gasteiger partial charge in [-0.1, -0.05) is 17.7 Å². The maximum atomic E-state index is 12.4. The first-order valence-electron chi connectivity index (χ1n) is 7.06. The number of H-pyrrole nitrogens is 1. The molecule has 2 heterocycles. The van der Waals surface area contributed by atoms with Gasteiger partial charge in [-0.15, -0.1) is 0 Å². The Kier molecular flexibility index (Phi) is 3.87. The minimum Gasteiger partial charge on any atom is -0.464 e. The van der Waals surface area contributed by atoms with Crippen molar-refractivity contribution in [3.63, 3.8) is 0 Å². The van der Waals surface area contributed by atoms with E-state index in [0.29, 0.717) is 5.69 Å². The average molecular weight is 326 g/mol. The Morgan fingerprint density at radius 3 is 2.62 bits per heavy atom. The molecule has 0 bridgehead atoms. The van der Waals surface area contributed by atoms with Gasteiger partial charge in [-0.25, -0.2) is 9.78 Å². The van der Waals surface area contributed by atoms with Crippen LogP contribution in [0.15, 0.2) is 41.5 Å². The molecule has 0 atom stereocenters. The topological polar surface area (TPSA) is 106 Å². The van der Waals surface area contributed by atoms with Crippen molar-refractivity contribution in [1.82, 2.24) is 14.4 Å². The Bertz CT molecular complexity index is 985. The minimum absolute atomic E-state index is 0.00146. The number of anilines is 1. The largest absolute Gasteiger partial charge is 0.464 e. The zero-order valence-electron chi connectivity index (χ0n) is 13.0. The fourth-order valence-electron chi connectivity index (χ4n) is 2.20. The molecule has 3 rings (SSSR count). The van der Waals surface area contributed by atoms with Crippen molar-refractivity contribution < 1.29 is 14.3 Å². The lowest BCUT2D eigenvalue weighted by Crippen LogP contribution is -2.19. The molecule has 0 radical (unpaired) electrons. The Labute approximate surface area is 136 Å². The first-order valence-corrected chi connectivity index (χ1v) is 7.06. The quantitative estimate of drug-likeness (QED) is 0.707. The zero-order valence-corrected chi connectivity index (χ0v) is 13.0. The van der Waals surface area contributed by atoms with E-state index in [1.165, 1.54) is 13.4 Å². The molecule has 1 aromatic carbocycles. The van der Waals surface area contributed by atoms with E-state index < -0.39 is 17.4 Å². The second-order valence-corrected chi connectivity index (χ2v) is 5.14. The number of hydrogen-bond donors (Lipinski definition) is 2. The van der Waals surface area contributed by atoms with E-state index in [1.54, 1.807) is 12.1 Å². The summed E-state index contributed by atoms with van der Waals surface area (Å²) in [6.45, 7) is 1.94. The molecule has 2 N–H and O–H groups in total. The number of aryl methyl sites for hydroxylation is 1. The second-order valence-electron chi connectivity index (χ2n) is 5.14. The second kappa shape index (κ2) is 5.99. The third-order valence-corrected chi connectivity index (χ3v) is 3.46. The number of benzene rings is 1. The summed E-state index contributed by atoms with van der Waals surface area (Å²) in [4.78, 5) is 42.7. The van der Waals surface area contributed by atoms with Crippen LogP contribution in [0.3, 0.4) is 0 Å². The van der Waals surface area contributed by atoms with Crippen LogP contribution in [-0.4, -0.2) is 33.4 Å². The molecule has 0 aliphatic carbocycles. The number of nitrogens with zero attached hydrogens (tertiary/aromatic N) is 2. The van der Waals surface area contributed by atoms with Gasteiger partial charge in [0.05, 0.1) is 7.11 Å². The zero-order chi connectivity index (χ0) is 17.3. The molecule has 0 spiro atoms. The molecular weight excluding hydrogens is 312 g/mol. The number of esters is 1. The number of carbonyl (C=O) groups is 2. The van der Waals surface area contributed by atoms with E-state index in [9.17, 15) is 14.4 Å². The Morgan fingerprint density at radius 2 is 1.96 bits per heavy atom.